The Morgan fingerprint density at radius 1 is 1.03 bits per heavy atom. The normalized spacial score (nSPS) is 15.9. The number of benzene rings is 2. The van der Waals surface area contributed by atoms with Gasteiger partial charge in [-0.2, -0.15) is 0 Å². The van der Waals surface area contributed by atoms with E-state index in [1.54, 1.807) is 12.1 Å². The topological polar surface area (TPSA) is 70.3 Å². The van der Waals surface area contributed by atoms with Crippen molar-refractivity contribution in [2.24, 2.45) is 0 Å². The van der Waals surface area contributed by atoms with Gasteiger partial charge in [-0.15, -0.1) is 5.10 Å². The van der Waals surface area contributed by atoms with Crippen LogP contribution in [0.1, 0.15) is 37.2 Å². The van der Waals surface area contributed by atoms with Gasteiger partial charge in [0, 0.05) is 32.7 Å². The van der Waals surface area contributed by atoms with E-state index in [0.717, 1.165) is 62.6 Å². The fourth-order valence-corrected chi connectivity index (χ4v) is 4.72. The number of anilines is 1. The molecule has 1 unspecified atom stereocenters. The second-order valence-corrected chi connectivity index (χ2v) is 8.52. The van der Waals surface area contributed by atoms with Gasteiger partial charge in [-0.3, -0.25) is 4.90 Å². The maximum absolute atomic E-state index is 10.1. The van der Waals surface area contributed by atoms with Gasteiger partial charge in [-0.05, 0) is 46.7 Å². The van der Waals surface area contributed by atoms with Crippen LogP contribution in [0.4, 0.5) is 5.69 Å². The molecule has 0 aliphatic carbocycles. The van der Waals surface area contributed by atoms with E-state index in [2.05, 4.69) is 32.2 Å². The lowest BCUT2D eigenvalue weighted by Crippen LogP contribution is -2.48. The fraction of sp³-hybridized carbons (Fsp3) is 0.409. The first-order valence-electron chi connectivity index (χ1n) is 10.6. The number of aryl methyl sites for hydroxylation is 1. The Kier molecular flexibility index (Phi) is 6.95. The zero-order valence-corrected chi connectivity index (χ0v) is 19.0. The molecular formula is C22H26Cl2N6O. The van der Waals surface area contributed by atoms with Crippen molar-refractivity contribution in [3.8, 4) is 5.75 Å². The minimum absolute atomic E-state index is 0.150. The molecule has 0 spiro atoms. The van der Waals surface area contributed by atoms with Gasteiger partial charge in [-0.1, -0.05) is 54.7 Å². The summed E-state index contributed by atoms with van der Waals surface area (Å²) in [6.45, 7) is 6.02. The molecule has 1 fully saturated rings. The third-order valence-corrected chi connectivity index (χ3v) is 6.26. The molecule has 164 valence electrons. The van der Waals surface area contributed by atoms with Gasteiger partial charge in [-0.25, -0.2) is 4.68 Å². The van der Waals surface area contributed by atoms with Gasteiger partial charge in [0.25, 0.3) is 0 Å². The molecule has 31 heavy (non-hydrogen) atoms. The number of phenolic OH excluding ortho intramolecular Hbond substituents is 1. The molecule has 7 nitrogen and oxygen atoms in total. The largest absolute Gasteiger partial charge is 0.508 e. The second-order valence-electron chi connectivity index (χ2n) is 7.70. The fourth-order valence-electron chi connectivity index (χ4n) is 4.09. The second kappa shape index (κ2) is 9.85. The smallest absolute Gasteiger partial charge is 0.173 e. The quantitative estimate of drug-likeness (QED) is 0.563. The minimum atomic E-state index is -0.150. The summed E-state index contributed by atoms with van der Waals surface area (Å²) in [5, 5.41) is 24.0. The van der Waals surface area contributed by atoms with Crippen molar-refractivity contribution in [3.05, 3.63) is 63.9 Å². The summed E-state index contributed by atoms with van der Waals surface area (Å²) in [5.74, 6) is 1.03. The number of unbranched alkanes of at least 4 members (excludes halogenated alkanes) is 1. The highest BCUT2D eigenvalue weighted by Crippen LogP contribution is 2.36. The van der Waals surface area contributed by atoms with E-state index >= 15 is 0 Å². The van der Waals surface area contributed by atoms with Crippen LogP contribution in [-0.4, -0.2) is 56.4 Å². The van der Waals surface area contributed by atoms with E-state index in [9.17, 15) is 5.11 Å². The van der Waals surface area contributed by atoms with E-state index in [-0.39, 0.29) is 11.8 Å². The lowest BCUT2D eigenvalue weighted by Gasteiger charge is -2.40. The maximum atomic E-state index is 10.1. The summed E-state index contributed by atoms with van der Waals surface area (Å²) in [5.41, 5.74) is 1.85. The third kappa shape index (κ3) is 4.79. The van der Waals surface area contributed by atoms with Gasteiger partial charge in [0.2, 0.25) is 0 Å². The van der Waals surface area contributed by atoms with Crippen molar-refractivity contribution >= 4 is 28.9 Å². The van der Waals surface area contributed by atoms with E-state index in [1.807, 2.05) is 35.0 Å². The Labute approximate surface area is 192 Å². The number of aromatic nitrogens is 4. The van der Waals surface area contributed by atoms with Crippen LogP contribution in [0.25, 0.3) is 0 Å². The Hall–Kier alpha value is -2.35. The van der Waals surface area contributed by atoms with E-state index in [4.69, 9.17) is 23.2 Å². The molecule has 0 radical (unpaired) electrons. The van der Waals surface area contributed by atoms with E-state index in [1.165, 1.54) is 0 Å². The number of hydrogen-bond acceptors (Lipinski definition) is 6. The van der Waals surface area contributed by atoms with Gasteiger partial charge >= 0.3 is 0 Å². The summed E-state index contributed by atoms with van der Waals surface area (Å²) >= 11 is 12.9. The number of aromatic hydroxyl groups is 1. The number of hydrogen-bond donors (Lipinski definition) is 1. The molecule has 1 atom stereocenters. The number of nitrogens with zero attached hydrogens (tertiary/aromatic N) is 6. The number of tetrazole rings is 1. The summed E-state index contributed by atoms with van der Waals surface area (Å²) in [6.07, 6.45) is 2.07. The van der Waals surface area contributed by atoms with Gasteiger partial charge in [0.05, 0.1) is 21.8 Å². The summed E-state index contributed by atoms with van der Waals surface area (Å²) in [7, 11) is 0. The number of para-hydroxylation sites is 1. The molecular weight excluding hydrogens is 435 g/mol. The third-order valence-electron chi connectivity index (χ3n) is 5.65. The minimum Gasteiger partial charge on any atom is -0.508 e. The predicted octanol–water partition coefficient (Wildman–Crippen LogP) is 4.40. The van der Waals surface area contributed by atoms with Crippen LogP contribution in [0.3, 0.4) is 0 Å². The number of rotatable bonds is 7. The monoisotopic (exact) mass is 460 g/mol. The molecule has 1 N–H and O–H groups in total. The van der Waals surface area contributed by atoms with E-state index in [0.29, 0.717) is 10.0 Å². The van der Waals surface area contributed by atoms with Crippen molar-refractivity contribution in [2.75, 3.05) is 31.1 Å². The van der Waals surface area contributed by atoms with Crippen molar-refractivity contribution in [1.29, 1.82) is 0 Å². The molecule has 0 saturated carbocycles. The molecule has 1 aliphatic rings. The van der Waals surface area contributed by atoms with Crippen LogP contribution in [0.15, 0.2) is 42.5 Å². The Balaban J connectivity index is 1.61. The highest BCUT2D eigenvalue weighted by atomic mass is 35.5. The SMILES string of the molecule is CCCCn1nnnc1C(c1cccc(O)c1)N1CCN(c2c(Cl)cccc2Cl)CC1. The predicted molar refractivity (Wildman–Crippen MR) is 123 cm³/mol. The zero-order valence-electron chi connectivity index (χ0n) is 17.5. The Bertz CT molecular complexity index is 998. The lowest BCUT2D eigenvalue weighted by atomic mass is 10.0. The Morgan fingerprint density at radius 2 is 1.74 bits per heavy atom. The van der Waals surface area contributed by atoms with Crippen LogP contribution in [0.5, 0.6) is 5.75 Å². The van der Waals surface area contributed by atoms with Crippen LogP contribution >= 0.6 is 23.2 Å². The molecule has 2 heterocycles. The van der Waals surface area contributed by atoms with Crippen LogP contribution < -0.4 is 4.90 Å². The van der Waals surface area contributed by atoms with E-state index < -0.39 is 0 Å². The van der Waals surface area contributed by atoms with Crippen molar-refractivity contribution in [1.82, 2.24) is 25.1 Å². The molecule has 0 amide bonds. The van der Waals surface area contributed by atoms with Crippen LogP contribution in [0, 0.1) is 0 Å². The van der Waals surface area contributed by atoms with Gasteiger partial charge in [0.1, 0.15) is 5.75 Å². The van der Waals surface area contributed by atoms with Crippen LogP contribution in [0.2, 0.25) is 10.0 Å². The summed E-state index contributed by atoms with van der Waals surface area (Å²) < 4.78 is 1.88. The average Bonchev–Trinajstić information content (AvgIpc) is 3.21. The van der Waals surface area contributed by atoms with Crippen LogP contribution in [-0.2, 0) is 6.54 Å². The number of piperazine rings is 1. The molecule has 1 aliphatic heterocycles. The van der Waals surface area contributed by atoms with Gasteiger partial charge in [0.15, 0.2) is 5.82 Å². The first-order chi connectivity index (χ1) is 15.1. The number of halogens is 2. The van der Waals surface area contributed by atoms with Crippen molar-refractivity contribution < 1.29 is 5.11 Å². The molecule has 2 aromatic carbocycles. The summed E-state index contributed by atoms with van der Waals surface area (Å²) in [4.78, 5) is 4.57. The molecule has 9 heteroatoms. The first-order valence-corrected chi connectivity index (χ1v) is 11.3. The molecule has 0 bridgehead atoms. The standard InChI is InChI=1S/C22H26Cl2N6O/c1-2-3-10-30-22(25-26-27-30)20(16-6-4-7-17(31)15-16)28-11-13-29(14-12-28)21-18(23)8-5-9-19(21)24/h4-9,15,20,31H,2-3,10-14H2,1H3. The van der Waals surface area contributed by atoms with Crippen molar-refractivity contribution in [3.63, 3.8) is 0 Å². The maximum Gasteiger partial charge on any atom is 0.173 e. The Morgan fingerprint density at radius 3 is 2.42 bits per heavy atom. The molecule has 4 rings (SSSR count). The lowest BCUT2D eigenvalue weighted by molar-refractivity contribution is 0.200. The zero-order chi connectivity index (χ0) is 21.8. The molecule has 1 aromatic heterocycles. The number of phenols is 1. The molecule has 3 aromatic rings. The first kappa shape index (κ1) is 21.9. The highest BCUT2D eigenvalue weighted by Gasteiger charge is 2.31. The van der Waals surface area contributed by atoms with Gasteiger partial charge < -0.3 is 10.0 Å². The highest BCUT2D eigenvalue weighted by molar-refractivity contribution is 6.39. The summed E-state index contributed by atoms with van der Waals surface area (Å²) in [6, 6.07) is 12.8. The molecule has 1 saturated heterocycles. The van der Waals surface area contributed by atoms with Crippen molar-refractivity contribution in [2.45, 2.75) is 32.4 Å². The average molecular weight is 461 g/mol.